The van der Waals surface area contributed by atoms with Gasteiger partial charge in [0, 0.05) is 12.6 Å². The van der Waals surface area contributed by atoms with Crippen molar-refractivity contribution >= 4 is 27.5 Å². The van der Waals surface area contributed by atoms with E-state index in [1.807, 2.05) is 57.2 Å². The lowest BCUT2D eigenvalue weighted by Crippen LogP contribution is -2.53. The van der Waals surface area contributed by atoms with Crippen molar-refractivity contribution < 1.29 is 18.0 Å². The number of sulfonamides is 1. The van der Waals surface area contributed by atoms with Gasteiger partial charge >= 0.3 is 0 Å². The maximum Gasteiger partial charge on any atom is 0.264 e. The first-order valence-corrected chi connectivity index (χ1v) is 16.0. The van der Waals surface area contributed by atoms with Crippen LogP contribution < -0.4 is 9.62 Å². The normalized spacial score (nSPS) is 14.4. The van der Waals surface area contributed by atoms with Crippen molar-refractivity contribution in [2.24, 2.45) is 0 Å². The molecule has 0 bridgehead atoms. The molecule has 3 aromatic carbocycles. The number of nitrogens with one attached hydrogen (secondary N) is 1. The average molecular weight is 576 g/mol. The summed E-state index contributed by atoms with van der Waals surface area (Å²) in [6.45, 7) is 5.60. The van der Waals surface area contributed by atoms with E-state index in [0.29, 0.717) is 18.5 Å². The van der Waals surface area contributed by atoms with Gasteiger partial charge in [0.05, 0.1) is 10.6 Å². The van der Waals surface area contributed by atoms with Gasteiger partial charge in [-0.15, -0.1) is 0 Å². The zero-order valence-electron chi connectivity index (χ0n) is 24.3. The molecule has 1 saturated carbocycles. The number of amides is 2. The van der Waals surface area contributed by atoms with Crippen LogP contribution >= 0.6 is 0 Å². The molecule has 7 nitrogen and oxygen atoms in total. The zero-order chi connectivity index (χ0) is 29.4. The van der Waals surface area contributed by atoms with Crippen LogP contribution in [0, 0.1) is 6.92 Å². The first-order chi connectivity index (χ1) is 19.7. The molecule has 1 aliphatic rings. The monoisotopic (exact) mass is 575 g/mol. The fourth-order valence-corrected chi connectivity index (χ4v) is 7.05. The third-order valence-corrected chi connectivity index (χ3v) is 9.55. The van der Waals surface area contributed by atoms with Crippen LogP contribution in [0.15, 0.2) is 83.8 Å². The number of aryl methyl sites for hydroxylation is 2. The molecule has 1 N–H and O–H groups in total. The Morgan fingerprint density at radius 1 is 0.927 bits per heavy atom. The molecule has 0 aliphatic heterocycles. The fraction of sp³-hybridized carbons (Fsp3) is 0.394. The highest BCUT2D eigenvalue weighted by molar-refractivity contribution is 7.92. The molecule has 3 aromatic rings. The van der Waals surface area contributed by atoms with Crippen molar-refractivity contribution in [3.63, 3.8) is 0 Å². The second kappa shape index (κ2) is 13.8. The molecule has 0 aromatic heterocycles. The first-order valence-electron chi connectivity index (χ1n) is 14.6. The van der Waals surface area contributed by atoms with E-state index in [4.69, 9.17) is 0 Å². The molecule has 4 rings (SSSR count). The summed E-state index contributed by atoms with van der Waals surface area (Å²) in [6, 6.07) is 22.6. The maximum atomic E-state index is 14.3. The minimum atomic E-state index is -4.08. The SMILES string of the molecule is CCc1ccccc1N(CC(=O)N(Cc1cccc(C)c1)[C@H](CC)C(=O)NC1CCCC1)S(=O)(=O)c1ccccc1. The summed E-state index contributed by atoms with van der Waals surface area (Å²) in [5.74, 6) is -0.614. The standard InChI is InChI=1S/C33H41N3O4S/c1-4-27-16-9-12-21-31(27)36(41(39,40)29-19-7-6-8-20-29)24-32(37)35(23-26-15-13-14-25(3)22-26)30(5-2)33(38)34-28-17-10-11-18-28/h6-9,12-16,19-22,28,30H,4-5,10-11,17-18,23-24H2,1-3H3,(H,34,38)/t30-/m1/s1. The second-order valence-corrected chi connectivity index (χ2v) is 12.6. The molecular weight excluding hydrogens is 534 g/mol. The summed E-state index contributed by atoms with van der Waals surface area (Å²) in [7, 11) is -4.08. The van der Waals surface area contributed by atoms with Gasteiger partial charge in [0.1, 0.15) is 12.6 Å². The largest absolute Gasteiger partial charge is 0.352 e. The van der Waals surface area contributed by atoms with E-state index in [2.05, 4.69) is 5.32 Å². The van der Waals surface area contributed by atoms with Gasteiger partial charge in [-0.25, -0.2) is 8.42 Å². The van der Waals surface area contributed by atoms with Crippen molar-refractivity contribution in [2.75, 3.05) is 10.8 Å². The molecule has 0 spiro atoms. The quantitative estimate of drug-likeness (QED) is 0.304. The predicted molar refractivity (Wildman–Crippen MR) is 163 cm³/mol. The summed E-state index contributed by atoms with van der Waals surface area (Å²) in [4.78, 5) is 29.5. The lowest BCUT2D eigenvalue weighted by atomic mass is 10.1. The van der Waals surface area contributed by atoms with E-state index in [0.717, 1.165) is 42.4 Å². The summed E-state index contributed by atoms with van der Waals surface area (Å²) in [5.41, 5.74) is 3.21. The third kappa shape index (κ3) is 7.36. The first kappa shape index (κ1) is 30.3. The van der Waals surface area contributed by atoms with Crippen LogP contribution in [0.25, 0.3) is 0 Å². The molecule has 2 amide bonds. The van der Waals surface area contributed by atoms with Gasteiger partial charge in [-0.2, -0.15) is 0 Å². The summed E-state index contributed by atoms with van der Waals surface area (Å²) >= 11 is 0. The van der Waals surface area contributed by atoms with E-state index in [-0.39, 0.29) is 23.4 Å². The maximum absolute atomic E-state index is 14.3. The van der Waals surface area contributed by atoms with Crippen molar-refractivity contribution in [3.05, 3.63) is 95.6 Å². The van der Waals surface area contributed by atoms with Crippen LogP contribution in [-0.4, -0.2) is 43.8 Å². The Hall–Kier alpha value is -3.65. The summed E-state index contributed by atoms with van der Waals surface area (Å²) in [5, 5.41) is 3.16. The van der Waals surface area contributed by atoms with E-state index >= 15 is 0 Å². The Bertz CT molecular complexity index is 1440. The van der Waals surface area contributed by atoms with Gasteiger partial charge in [0.2, 0.25) is 11.8 Å². The number of benzene rings is 3. The summed E-state index contributed by atoms with van der Waals surface area (Å²) in [6.07, 6.45) is 5.04. The number of nitrogens with zero attached hydrogens (tertiary/aromatic N) is 2. The van der Waals surface area contributed by atoms with Gasteiger partial charge in [0.25, 0.3) is 10.0 Å². The highest BCUT2D eigenvalue weighted by atomic mass is 32.2. The highest BCUT2D eigenvalue weighted by Crippen LogP contribution is 2.28. The topological polar surface area (TPSA) is 86.8 Å². The molecular formula is C33H41N3O4S. The van der Waals surface area contributed by atoms with Crippen LogP contribution in [-0.2, 0) is 32.6 Å². The van der Waals surface area contributed by atoms with E-state index in [1.54, 1.807) is 35.2 Å². The molecule has 41 heavy (non-hydrogen) atoms. The molecule has 8 heteroatoms. The van der Waals surface area contributed by atoms with Crippen LogP contribution in [0.5, 0.6) is 0 Å². The van der Waals surface area contributed by atoms with E-state index in [1.165, 1.54) is 16.4 Å². The Labute approximate surface area is 244 Å². The predicted octanol–water partition coefficient (Wildman–Crippen LogP) is 5.62. The van der Waals surface area contributed by atoms with Crippen molar-refractivity contribution in [3.8, 4) is 0 Å². The smallest absolute Gasteiger partial charge is 0.264 e. The Morgan fingerprint density at radius 3 is 2.27 bits per heavy atom. The molecule has 1 fully saturated rings. The molecule has 0 saturated heterocycles. The third-order valence-electron chi connectivity index (χ3n) is 7.77. The number of hydrogen-bond acceptors (Lipinski definition) is 4. The van der Waals surface area contributed by atoms with Crippen molar-refractivity contribution in [1.29, 1.82) is 0 Å². The van der Waals surface area contributed by atoms with Gasteiger partial charge in [0.15, 0.2) is 0 Å². The lowest BCUT2D eigenvalue weighted by molar-refractivity contribution is -0.140. The molecule has 0 radical (unpaired) electrons. The number of hydrogen-bond donors (Lipinski definition) is 1. The molecule has 1 aliphatic carbocycles. The molecule has 0 heterocycles. The summed E-state index contributed by atoms with van der Waals surface area (Å²) < 4.78 is 29.3. The number of rotatable bonds is 12. The average Bonchev–Trinajstić information content (AvgIpc) is 3.49. The fourth-order valence-electron chi connectivity index (χ4n) is 5.58. The number of anilines is 1. The Kier molecular flexibility index (Phi) is 10.2. The minimum absolute atomic E-state index is 0.106. The number of carbonyl (C=O) groups excluding carboxylic acids is 2. The van der Waals surface area contributed by atoms with E-state index < -0.39 is 28.5 Å². The number of para-hydroxylation sites is 1. The lowest BCUT2D eigenvalue weighted by Gasteiger charge is -2.34. The van der Waals surface area contributed by atoms with Gasteiger partial charge in [-0.3, -0.25) is 13.9 Å². The van der Waals surface area contributed by atoms with Crippen molar-refractivity contribution in [1.82, 2.24) is 10.2 Å². The molecule has 1 atom stereocenters. The van der Waals surface area contributed by atoms with Crippen LogP contribution in [0.3, 0.4) is 0 Å². The minimum Gasteiger partial charge on any atom is -0.352 e. The van der Waals surface area contributed by atoms with Crippen molar-refractivity contribution in [2.45, 2.75) is 82.8 Å². The van der Waals surface area contributed by atoms with Gasteiger partial charge in [-0.1, -0.05) is 92.9 Å². The Morgan fingerprint density at radius 2 is 1.61 bits per heavy atom. The van der Waals surface area contributed by atoms with Gasteiger partial charge < -0.3 is 10.2 Å². The van der Waals surface area contributed by atoms with Crippen LogP contribution in [0.1, 0.15) is 62.6 Å². The molecule has 0 unspecified atom stereocenters. The van der Waals surface area contributed by atoms with Crippen LogP contribution in [0.4, 0.5) is 5.69 Å². The number of carbonyl (C=O) groups is 2. The second-order valence-electron chi connectivity index (χ2n) is 10.7. The van der Waals surface area contributed by atoms with Gasteiger partial charge in [-0.05, 0) is 61.9 Å². The zero-order valence-corrected chi connectivity index (χ0v) is 25.1. The Balaban J connectivity index is 1.73. The van der Waals surface area contributed by atoms with Crippen LogP contribution in [0.2, 0.25) is 0 Å². The highest BCUT2D eigenvalue weighted by Gasteiger charge is 2.35. The van der Waals surface area contributed by atoms with E-state index in [9.17, 15) is 18.0 Å². The molecule has 218 valence electrons.